The van der Waals surface area contributed by atoms with Crippen molar-refractivity contribution >= 4 is 29.5 Å². The second kappa shape index (κ2) is 7.29. The normalized spacial score (nSPS) is 10.9. The van der Waals surface area contributed by atoms with Crippen LogP contribution >= 0.6 is 11.8 Å². The SMILES string of the molecule is COC(=O)C(C#N)=Cc1ccc(Sc2ccc([N+](=O)[O-])cc2)o1. The molecule has 0 bridgehead atoms. The summed E-state index contributed by atoms with van der Waals surface area (Å²) in [7, 11) is 1.19. The van der Waals surface area contributed by atoms with E-state index in [1.54, 1.807) is 30.3 Å². The molecule has 116 valence electrons. The number of benzene rings is 1. The molecule has 0 unspecified atom stereocenters. The van der Waals surface area contributed by atoms with Crippen LogP contribution in [0.15, 0.2) is 56.4 Å². The van der Waals surface area contributed by atoms with E-state index in [1.165, 1.54) is 37.1 Å². The first-order valence-electron chi connectivity index (χ1n) is 6.25. The van der Waals surface area contributed by atoms with Gasteiger partial charge < -0.3 is 9.15 Å². The van der Waals surface area contributed by atoms with E-state index in [2.05, 4.69) is 4.74 Å². The van der Waals surface area contributed by atoms with Gasteiger partial charge in [-0.1, -0.05) is 11.8 Å². The van der Waals surface area contributed by atoms with Gasteiger partial charge >= 0.3 is 5.97 Å². The van der Waals surface area contributed by atoms with Crippen LogP contribution in [0, 0.1) is 21.4 Å². The van der Waals surface area contributed by atoms with E-state index in [4.69, 9.17) is 9.68 Å². The van der Waals surface area contributed by atoms with E-state index in [1.807, 2.05) is 0 Å². The molecule has 0 atom stereocenters. The van der Waals surface area contributed by atoms with Crippen molar-refractivity contribution in [1.82, 2.24) is 0 Å². The summed E-state index contributed by atoms with van der Waals surface area (Å²) in [4.78, 5) is 22.2. The average Bonchev–Trinajstić information content (AvgIpc) is 2.99. The predicted octanol–water partition coefficient (Wildman–Crippen LogP) is 3.42. The van der Waals surface area contributed by atoms with Crippen LogP contribution in [0.1, 0.15) is 5.76 Å². The number of carbonyl (C=O) groups excluding carboxylic acids is 1. The monoisotopic (exact) mass is 330 g/mol. The molecule has 0 saturated heterocycles. The number of nitro benzene ring substituents is 1. The van der Waals surface area contributed by atoms with Crippen LogP contribution in [0.4, 0.5) is 5.69 Å². The molecule has 1 aromatic carbocycles. The molecule has 7 nitrogen and oxygen atoms in total. The molecule has 0 N–H and O–H groups in total. The number of ether oxygens (including phenoxy) is 1. The summed E-state index contributed by atoms with van der Waals surface area (Å²) in [5.74, 6) is -0.412. The molecule has 0 fully saturated rings. The number of methoxy groups -OCH3 is 1. The number of carbonyl (C=O) groups is 1. The summed E-state index contributed by atoms with van der Waals surface area (Å²) in [6.45, 7) is 0. The summed E-state index contributed by atoms with van der Waals surface area (Å²) < 4.78 is 9.96. The first-order chi connectivity index (χ1) is 11.0. The fraction of sp³-hybridized carbons (Fsp3) is 0.0667. The molecule has 0 aliphatic heterocycles. The number of hydrogen-bond donors (Lipinski definition) is 0. The van der Waals surface area contributed by atoms with Crippen molar-refractivity contribution in [1.29, 1.82) is 5.26 Å². The van der Waals surface area contributed by atoms with Gasteiger partial charge in [-0.25, -0.2) is 4.79 Å². The molecule has 2 rings (SSSR count). The minimum atomic E-state index is -0.742. The Bertz CT molecular complexity index is 802. The standard InChI is InChI=1S/C15H10N2O5S/c1-21-15(18)10(9-16)8-12-4-7-14(22-12)23-13-5-2-11(3-6-13)17(19)20/h2-8H,1H3. The Labute approximate surface area is 135 Å². The highest BCUT2D eigenvalue weighted by atomic mass is 32.2. The third kappa shape index (κ3) is 4.21. The molecule has 0 aliphatic rings. The van der Waals surface area contributed by atoms with Crippen LogP contribution in [-0.2, 0) is 9.53 Å². The molecule has 1 heterocycles. The fourth-order valence-corrected chi connectivity index (χ4v) is 2.39. The lowest BCUT2D eigenvalue weighted by molar-refractivity contribution is -0.384. The minimum absolute atomic E-state index is 0.00848. The Morgan fingerprint density at radius 1 is 1.35 bits per heavy atom. The van der Waals surface area contributed by atoms with Crippen molar-refractivity contribution in [2.45, 2.75) is 9.99 Å². The van der Waals surface area contributed by atoms with Gasteiger partial charge in [0.15, 0.2) is 5.09 Å². The van der Waals surface area contributed by atoms with Gasteiger partial charge in [-0.15, -0.1) is 0 Å². The van der Waals surface area contributed by atoms with Crippen LogP contribution in [0.3, 0.4) is 0 Å². The Hall–Kier alpha value is -3.05. The number of nitrogens with zero attached hydrogens (tertiary/aromatic N) is 2. The first kappa shape index (κ1) is 16.3. The largest absolute Gasteiger partial charge is 0.465 e. The Kier molecular flexibility index (Phi) is 5.17. The minimum Gasteiger partial charge on any atom is -0.465 e. The Balaban J connectivity index is 2.13. The Morgan fingerprint density at radius 2 is 2.04 bits per heavy atom. The number of non-ortho nitro benzene ring substituents is 1. The van der Waals surface area contributed by atoms with Gasteiger partial charge in [0.25, 0.3) is 5.69 Å². The molecule has 0 saturated carbocycles. The maximum Gasteiger partial charge on any atom is 0.348 e. The summed E-state index contributed by atoms with van der Waals surface area (Å²) in [6, 6.07) is 11.0. The molecule has 0 radical (unpaired) electrons. The van der Waals surface area contributed by atoms with E-state index in [0.717, 1.165) is 4.90 Å². The number of nitriles is 1. The molecular formula is C15H10N2O5S. The third-order valence-corrected chi connectivity index (χ3v) is 3.61. The van der Waals surface area contributed by atoms with Crippen molar-refractivity contribution in [3.8, 4) is 6.07 Å². The quantitative estimate of drug-likeness (QED) is 0.272. The summed E-state index contributed by atoms with van der Waals surface area (Å²) in [5, 5.41) is 20.0. The summed E-state index contributed by atoms with van der Waals surface area (Å²) >= 11 is 1.26. The number of hydrogen-bond acceptors (Lipinski definition) is 7. The highest BCUT2D eigenvalue weighted by Gasteiger charge is 2.11. The van der Waals surface area contributed by atoms with Gasteiger partial charge in [0, 0.05) is 23.1 Å². The first-order valence-corrected chi connectivity index (χ1v) is 7.07. The fourth-order valence-electron chi connectivity index (χ4n) is 1.61. The molecular weight excluding hydrogens is 320 g/mol. The van der Waals surface area contributed by atoms with E-state index >= 15 is 0 Å². The van der Waals surface area contributed by atoms with E-state index in [0.29, 0.717) is 10.9 Å². The zero-order valence-corrected chi connectivity index (χ0v) is 12.7. The van der Waals surface area contributed by atoms with Crippen molar-refractivity contribution in [2.24, 2.45) is 0 Å². The van der Waals surface area contributed by atoms with Crippen LogP contribution in [0.5, 0.6) is 0 Å². The second-order valence-electron chi connectivity index (χ2n) is 4.17. The molecule has 2 aromatic rings. The van der Waals surface area contributed by atoms with Crippen molar-refractivity contribution in [2.75, 3.05) is 7.11 Å². The molecule has 0 aliphatic carbocycles. The van der Waals surface area contributed by atoms with Crippen molar-refractivity contribution in [3.05, 3.63) is 57.8 Å². The number of esters is 1. The lowest BCUT2D eigenvalue weighted by atomic mass is 10.2. The zero-order chi connectivity index (χ0) is 16.8. The van der Waals surface area contributed by atoms with E-state index < -0.39 is 10.9 Å². The topological polar surface area (TPSA) is 106 Å². The van der Waals surface area contributed by atoms with Gasteiger partial charge in [-0.3, -0.25) is 10.1 Å². The number of rotatable bonds is 5. The highest BCUT2D eigenvalue weighted by Crippen LogP contribution is 2.30. The van der Waals surface area contributed by atoms with E-state index in [-0.39, 0.29) is 11.3 Å². The smallest absolute Gasteiger partial charge is 0.348 e. The summed E-state index contributed by atoms with van der Waals surface area (Å²) in [5.41, 5.74) is -0.164. The highest BCUT2D eigenvalue weighted by molar-refractivity contribution is 7.99. The lowest BCUT2D eigenvalue weighted by Gasteiger charge is -1.98. The van der Waals surface area contributed by atoms with Gasteiger partial charge in [-0.05, 0) is 24.3 Å². The van der Waals surface area contributed by atoms with Gasteiger partial charge in [0.1, 0.15) is 17.4 Å². The van der Waals surface area contributed by atoms with Crippen LogP contribution < -0.4 is 0 Å². The van der Waals surface area contributed by atoms with Gasteiger partial charge in [0.05, 0.1) is 12.0 Å². The van der Waals surface area contributed by atoms with Crippen LogP contribution in [0.2, 0.25) is 0 Å². The molecule has 23 heavy (non-hydrogen) atoms. The number of nitro groups is 1. The van der Waals surface area contributed by atoms with E-state index in [9.17, 15) is 14.9 Å². The second-order valence-corrected chi connectivity index (χ2v) is 5.25. The Morgan fingerprint density at radius 3 is 2.61 bits per heavy atom. The average molecular weight is 330 g/mol. The van der Waals surface area contributed by atoms with Gasteiger partial charge in [-0.2, -0.15) is 5.26 Å². The maximum atomic E-state index is 11.3. The van der Waals surface area contributed by atoms with Crippen LogP contribution in [-0.4, -0.2) is 18.0 Å². The maximum absolute atomic E-state index is 11.3. The zero-order valence-electron chi connectivity index (χ0n) is 11.9. The summed E-state index contributed by atoms with van der Waals surface area (Å²) in [6.07, 6.45) is 1.28. The number of furan rings is 1. The lowest BCUT2D eigenvalue weighted by Crippen LogP contribution is -2.02. The van der Waals surface area contributed by atoms with Crippen molar-refractivity contribution in [3.63, 3.8) is 0 Å². The third-order valence-electron chi connectivity index (χ3n) is 2.68. The van der Waals surface area contributed by atoms with Crippen molar-refractivity contribution < 1.29 is 18.9 Å². The molecule has 1 aromatic heterocycles. The van der Waals surface area contributed by atoms with Crippen LogP contribution in [0.25, 0.3) is 6.08 Å². The molecule has 0 spiro atoms. The predicted molar refractivity (Wildman–Crippen MR) is 81.5 cm³/mol. The molecule has 8 heteroatoms. The van der Waals surface area contributed by atoms with Gasteiger partial charge in [0.2, 0.25) is 0 Å². The molecule has 0 amide bonds.